The van der Waals surface area contributed by atoms with Crippen molar-refractivity contribution in [2.45, 2.75) is 78.6 Å². The van der Waals surface area contributed by atoms with Gasteiger partial charge in [0, 0.05) is 60.8 Å². The van der Waals surface area contributed by atoms with Gasteiger partial charge in [0.1, 0.15) is 5.82 Å². The van der Waals surface area contributed by atoms with Crippen LogP contribution in [0.25, 0.3) is 99.8 Å². The lowest BCUT2D eigenvalue weighted by Gasteiger charge is -2.54. The van der Waals surface area contributed by atoms with E-state index in [0.717, 1.165) is 34.8 Å². The van der Waals surface area contributed by atoms with Gasteiger partial charge in [0.25, 0.3) is 0 Å². The summed E-state index contributed by atoms with van der Waals surface area (Å²) in [5.74, 6) is 0.504. The number of hydrogen-bond acceptors (Lipinski definition) is 2. The van der Waals surface area contributed by atoms with E-state index >= 15 is 0 Å². The summed E-state index contributed by atoms with van der Waals surface area (Å²) in [7, 11) is 0. The van der Waals surface area contributed by atoms with Crippen LogP contribution in [0.4, 0.5) is 0 Å². The summed E-state index contributed by atoms with van der Waals surface area (Å²) in [5.41, 5.74) is 17.2. The van der Waals surface area contributed by atoms with Gasteiger partial charge in [0.2, 0.25) is 0 Å². The molecule has 3 unspecified atom stereocenters. The van der Waals surface area contributed by atoms with Crippen molar-refractivity contribution in [1.29, 1.82) is 0 Å². The Morgan fingerprint density at radius 1 is 0.410 bits per heavy atom. The number of nitrogens with zero attached hydrogens (tertiary/aromatic N) is 4. The second-order valence-corrected chi connectivity index (χ2v) is 24.2. The third kappa shape index (κ3) is 8.03. The molecule has 0 saturated heterocycles. The van der Waals surface area contributed by atoms with Crippen LogP contribution in [0, 0.1) is 10.8 Å². The van der Waals surface area contributed by atoms with Gasteiger partial charge in [-0.15, -0.1) is 0 Å². The van der Waals surface area contributed by atoms with E-state index in [-0.39, 0.29) is 16.7 Å². The van der Waals surface area contributed by atoms with E-state index in [1.165, 1.54) is 88.4 Å². The van der Waals surface area contributed by atoms with Crippen molar-refractivity contribution in [2.24, 2.45) is 10.8 Å². The number of benzene rings is 8. The zero-order valence-electron chi connectivity index (χ0n) is 46.1. The van der Waals surface area contributed by atoms with Crippen LogP contribution < -0.4 is 0 Å². The fraction of sp³-hybridized carbons (Fsp3) is 0.189. The van der Waals surface area contributed by atoms with E-state index in [2.05, 4.69) is 301 Å². The maximum Gasteiger partial charge on any atom is 0.137 e. The topological polar surface area (TPSA) is 35.6 Å². The molecule has 3 atom stereocenters. The largest absolute Gasteiger partial charge is 0.312 e. The number of allylic oxidation sites excluding steroid dienone is 8. The number of rotatable bonds is 8. The van der Waals surface area contributed by atoms with E-state index in [1.807, 2.05) is 0 Å². The van der Waals surface area contributed by atoms with E-state index in [0.29, 0.717) is 0 Å². The SMILES string of the molecule is CC(C)(C)c1ccc2c(c1)c1cc(C(C)(C)C)ccc1n2C1=CC=CC(c2nc(-c3ccccc3)cc(-c3ccccc3)n2)C1(C)C1(C)CC=CC=C1n1c2ccc(-c3ccccc3)cc2c2cc(-c3ccccc3)ccc21. The van der Waals surface area contributed by atoms with Crippen LogP contribution in [0.1, 0.15) is 84.7 Å². The molecule has 0 radical (unpaired) electrons. The normalized spacial score (nSPS) is 18.7. The molecule has 4 nitrogen and oxygen atoms in total. The Balaban J connectivity index is 1.11. The number of hydrogen-bond donors (Lipinski definition) is 0. The average Bonchev–Trinajstić information content (AvgIpc) is 3.60. The average molecular weight is 1010 g/mol. The Hall–Kier alpha value is -8.60. The van der Waals surface area contributed by atoms with Crippen molar-refractivity contribution in [3.8, 4) is 44.8 Å². The molecule has 3 aromatic heterocycles. The highest BCUT2D eigenvalue weighted by molar-refractivity contribution is 6.13. The Kier molecular flexibility index (Phi) is 11.7. The minimum atomic E-state index is -0.706. The van der Waals surface area contributed by atoms with E-state index < -0.39 is 10.8 Å². The van der Waals surface area contributed by atoms with Crippen LogP contribution >= 0.6 is 0 Å². The van der Waals surface area contributed by atoms with Crippen molar-refractivity contribution in [3.05, 3.63) is 254 Å². The van der Waals surface area contributed by atoms with Gasteiger partial charge >= 0.3 is 0 Å². The monoisotopic (exact) mass is 1010 g/mol. The van der Waals surface area contributed by atoms with Crippen LogP contribution in [0.3, 0.4) is 0 Å². The summed E-state index contributed by atoms with van der Waals surface area (Å²) < 4.78 is 5.22. The predicted molar refractivity (Wildman–Crippen MR) is 330 cm³/mol. The molecule has 0 N–H and O–H groups in total. The lowest BCUT2D eigenvalue weighted by Crippen LogP contribution is -2.47. The van der Waals surface area contributed by atoms with Gasteiger partial charge in [0.05, 0.1) is 33.5 Å². The molecule has 2 aliphatic carbocycles. The molecule has 0 aliphatic heterocycles. The molecule has 2 aliphatic rings. The Labute approximate surface area is 459 Å². The van der Waals surface area contributed by atoms with Gasteiger partial charge in [-0.05, 0) is 117 Å². The van der Waals surface area contributed by atoms with Crippen LogP contribution in [0.5, 0.6) is 0 Å². The lowest BCUT2D eigenvalue weighted by atomic mass is 9.52. The molecule has 8 aromatic carbocycles. The zero-order valence-corrected chi connectivity index (χ0v) is 46.1. The van der Waals surface area contributed by atoms with Crippen LogP contribution in [0.15, 0.2) is 237 Å². The highest BCUT2D eigenvalue weighted by Crippen LogP contribution is 2.65. The summed E-state index contributed by atoms with van der Waals surface area (Å²) in [5, 5.41) is 4.98. The second-order valence-electron chi connectivity index (χ2n) is 24.2. The van der Waals surface area contributed by atoms with Crippen molar-refractivity contribution in [1.82, 2.24) is 19.1 Å². The van der Waals surface area contributed by atoms with Gasteiger partial charge in [-0.25, -0.2) is 9.97 Å². The highest BCUT2D eigenvalue weighted by Gasteiger charge is 2.57. The van der Waals surface area contributed by atoms with Crippen molar-refractivity contribution >= 4 is 55.0 Å². The first-order valence-electron chi connectivity index (χ1n) is 27.7. The molecule has 0 amide bonds. The minimum absolute atomic E-state index is 0.0398. The first kappa shape index (κ1) is 49.0. The summed E-state index contributed by atoms with van der Waals surface area (Å²) in [4.78, 5) is 11.4. The summed E-state index contributed by atoms with van der Waals surface area (Å²) in [6.07, 6.45) is 15.0. The van der Waals surface area contributed by atoms with Gasteiger partial charge < -0.3 is 9.13 Å². The maximum atomic E-state index is 5.71. The van der Waals surface area contributed by atoms with Gasteiger partial charge in [-0.2, -0.15) is 0 Å². The van der Waals surface area contributed by atoms with Crippen molar-refractivity contribution < 1.29 is 0 Å². The van der Waals surface area contributed by atoms with Crippen LogP contribution in [-0.2, 0) is 10.8 Å². The Morgan fingerprint density at radius 3 is 1.26 bits per heavy atom. The predicted octanol–water partition coefficient (Wildman–Crippen LogP) is 19.7. The smallest absolute Gasteiger partial charge is 0.137 e. The quantitative estimate of drug-likeness (QED) is 0.152. The Morgan fingerprint density at radius 2 is 0.808 bits per heavy atom. The second kappa shape index (κ2) is 18.6. The molecule has 3 heterocycles. The van der Waals surface area contributed by atoms with Crippen LogP contribution in [0.2, 0.25) is 0 Å². The standard InChI is InChI=1S/C74H66N4/c1-71(2,3)55-37-41-66-59(46-55)60-47-56(72(4,5)6)38-42-67(60)78(66)69-34-23-32-61(70-75-62(51-28-17-11-18-29-51)48-63(76-70)52-30-19-12-20-31-52)74(69,8)73(7)43-22-21-33-68(73)77-64-39-35-53(49-24-13-9-14-25-49)44-57(64)58-45-54(36-40-65(58)77)50-26-15-10-16-27-50/h9-42,44-48,61H,43H2,1-8H3. The number of aromatic nitrogens is 4. The third-order valence-electron chi connectivity index (χ3n) is 17.5. The van der Waals surface area contributed by atoms with E-state index in [9.17, 15) is 0 Å². The molecule has 0 bridgehead atoms. The molecule has 0 saturated carbocycles. The lowest BCUT2D eigenvalue weighted by molar-refractivity contribution is 0.167. The van der Waals surface area contributed by atoms with E-state index in [1.54, 1.807) is 0 Å². The molecule has 382 valence electrons. The molecule has 4 heteroatoms. The van der Waals surface area contributed by atoms with Gasteiger partial charge in [-0.3, -0.25) is 0 Å². The first-order valence-corrected chi connectivity index (χ1v) is 27.7. The summed E-state index contributed by atoms with van der Waals surface area (Å²) >= 11 is 0. The molecule has 0 fully saturated rings. The Bertz CT molecular complexity index is 4030. The molecule has 78 heavy (non-hydrogen) atoms. The molecular weight excluding hydrogens is 945 g/mol. The molecule has 13 rings (SSSR count). The molecule has 11 aromatic rings. The van der Waals surface area contributed by atoms with Gasteiger partial charge in [-0.1, -0.05) is 225 Å². The van der Waals surface area contributed by atoms with Crippen LogP contribution in [-0.4, -0.2) is 19.1 Å². The zero-order chi connectivity index (χ0) is 53.6. The molecule has 0 spiro atoms. The molecular formula is C74H66N4. The highest BCUT2D eigenvalue weighted by atomic mass is 15.1. The van der Waals surface area contributed by atoms with Crippen molar-refractivity contribution in [3.63, 3.8) is 0 Å². The fourth-order valence-corrected chi connectivity index (χ4v) is 12.8. The maximum absolute atomic E-state index is 5.71. The first-order chi connectivity index (χ1) is 37.7. The van der Waals surface area contributed by atoms with Crippen molar-refractivity contribution in [2.75, 3.05) is 0 Å². The fourth-order valence-electron chi connectivity index (χ4n) is 12.8. The minimum Gasteiger partial charge on any atom is -0.312 e. The van der Waals surface area contributed by atoms with E-state index in [4.69, 9.17) is 9.97 Å². The number of fused-ring (bicyclic) bond motifs is 6. The van der Waals surface area contributed by atoms with Gasteiger partial charge in [0.15, 0.2) is 0 Å². The summed E-state index contributed by atoms with van der Waals surface area (Å²) in [6, 6.07) is 73.6. The third-order valence-corrected chi connectivity index (χ3v) is 17.5. The summed E-state index contributed by atoms with van der Waals surface area (Å²) in [6.45, 7) is 19.0.